The Bertz CT molecular complexity index is 765. The number of fused-ring (bicyclic) bond motifs is 3. The van der Waals surface area contributed by atoms with Gasteiger partial charge in [0.1, 0.15) is 6.10 Å². The van der Waals surface area contributed by atoms with Gasteiger partial charge in [-0.05, 0) is 32.6 Å². The van der Waals surface area contributed by atoms with Gasteiger partial charge in [-0.3, -0.25) is 14.4 Å². The van der Waals surface area contributed by atoms with Crippen LogP contribution in [0.4, 0.5) is 0 Å². The molecule has 152 valence electrons. The highest BCUT2D eigenvalue weighted by Crippen LogP contribution is 2.44. The highest BCUT2D eigenvalue weighted by Gasteiger charge is 2.58. The first-order valence-electron chi connectivity index (χ1n) is 9.56. The number of hydrogen-bond acceptors (Lipinski definition) is 7. The molecule has 5 unspecified atom stereocenters. The van der Waals surface area contributed by atoms with E-state index in [4.69, 9.17) is 14.2 Å². The number of rotatable bonds is 2. The van der Waals surface area contributed by atoms with E-state index < -0.39 is 35.5 Å². The van der Waals surface area contributed by atoms with Crippen molar-refractivity contribution in [2.45, 2.75) is 76.8 Å². The van der Waals surface area contributed by atoms with Crippen molar-refractivity contribution in [3.8, 4) is 0 Å². The summed E-state index contributed by atoms with van der Waals surface area (Å²) >= 11 is 0. The fourth-order valence-corrected chi connectivity index (χ4v) is 3.85. The van der Waals surface area contributed by atoms with E-state index in [9.17, 15) is 19.2 Å². The first-order valence-corrected chi connectivity index (χ1v) is 9.56. The Hall–Kier alpha value is -2.28. The van der Waals surface area contributed by atoms with Crippen LogP contribution in [0.5, 0.6) is 0 Å². The Labute approximate surface area is 164 Å². The predicted octanol–water partition coefficient (Wildman–Crippen LogP) is 2.22. The number of esters is 2. The summed E-state index contributed by atoms with van der Waals surface area (Å²) in [5, 5.41) is 0. The predicted molar refractivity (Wildman–Crippen MR) is 98.2 cm³/mol. The molecule has 2 saturated heterocycles. The highest BCUT2D eigenvalue weighted by atomic mass is 16.6. The Balaban J connectivity index is 1.88. The van der Waals surface area contributed by atoms with E-state index in [1.54, 1.807) is 6.92 Å². The van der Waals surface area contributed by atoms with E-state index in [1.165, 1.54) is 6.92 Å². The van der Waals surface area contributed by atoms with E-state index in [0.717, 1.165) is 5.57 Å². The van der Waals surface area contributed by atoms with Crippen molar-refractivity contribution in [2.75, 3.05) is 0 Å². The van der Waals surface area contributed by atoms with E-state index in [-0.39, 0.29) is 30.6 Å². The normalized spacial score (nSPS) is 37.8. The van der Waals surface area contributed by atoms with Crippen LogP contribution in [0.3, 0.4) is 0 Å². The molecule has 28 heavy (non-hydrogen) atoms. The lowest BCUT2D eigenvalue weighted by Crippen LogP contribution is -2.35. The fraction of sp³-hybridized carbons (Fsp3) is 0.619. The molecule has 5 atom stereocenters. The molecule has 2 heterocycles. The van der Waals surface area contributed by atoms with E-state index in [0.29, 0.717) is 24.8 Å². The summed E-state index contributed by atoms with van der Waals surface area (Å²) in [6, 6.07) is 0. The van der Waals surface area contributed by atoms with Crippen LogP contribution >= 0.6 is 0 Å². The largest absolute Gasteiger partial charge is 0.459 e. The summed E-state index contributed by atoms with van der Waals surface area (Å²) in [6.07, 6.45) is 1.05. The molecular weight excluding hydrogens is 364 g/mol. The van der Waals surface area contributed by atoms with Crippen molar-refractivity contribution in [3.05, 3.63) is 23.8 Å². The van der Waals surface area contributed by atoms with Crippen molar-refractivity contribution >= 4 is 23.5 Å². The summed E-state index contributed by atoms with van der Waals surface area (Å²) in [5.74, 6) is -1.80. The van der Waals surface area contributed by atoms with E-state index >= 15 is 0 Å². The summed E-state index contributed by atoms with van der Waals surface area (Å²) in [6.45, 7) is 8.81. The number of epoxide rings is 1. The molecule has 0 saturated carbocycles. The van der Waals surface area contributed by atoms with E-state index in [1.807, 2.05) is 13.0 Å². The standard InChI is InChI=1S/C21H26O7/c1-11(2)13-5-6-14-7-15(27-20(14)25)9-17(26-12(3)22)16(23)10-18(24)21(4)19(8-13)28-21/h6,13,15,17,19H,1,5,7-10H2,2-4H3/b14-6-. The Kier molecular flexibility index (Phi) is 5.57. The number of allylic oxidation sites excluding steroid dienone is 2. The van der Waals surface area contributed by atoms with Gasteiger partial charge >= 0.3 is 11.9 Å². The molecule has 0 aromatic rings. The SMILES string of the molecule is C=C(C)C1C/C=C2/CC(CC(OC(C)=O)C(=O)CC(=O)C3(C)OC3C1)OC2=O. The van der Waals surface area contributed by atoms with Crippen LogP contribution < -0.4 is 0 Å². The van der Waals surface area contributed by atoms with Gasteiger partial charge in [-0.2, -0.15) is 0 Å². The van der Waals surface area contributed by atoms with Crippen LogP contribution in [0.15, 0.2) is 23.8 Å². The highest BCUT2D eigenvalue weighted by molar-refractivity contribution is 6.06. The van der Waals surface area contributed by atoms with Crippen molar-refractivity contribution in [3.63, 3.8) is 0 Å². The second-order valence-electron chi connectivity index (χ2n) is 8.09. The summed E-state index contributed by atoms with van der Waals surface area (Å²) in [4.78, 5) is 48.9. The van der Waals surface area contributed by atoms with Crippen LogP contribution in [0.25, 0.3) is 0 Å². The van der Waals surface area contributed by atoms with Gasteiger partial charge in [-0.1, -0.05) is 18.2 Å². The first kappa shape index (κ1) is 20.5. The number of hydrogen-bond donors (Lipinski definition) is 0. The molecule has 3 aliphatic rings. The monoisotopic (exact) mass is 390 g/mol. The first-order chi connectivity index (χ1) is 13.1. The average molecular weight is 390 g/mol. The minimum absolute atomic E-state index is 0.0414. The van der Waals surface area contributed by atoms with Gasteiger partial charge in [-0.15, -0.1) is 0 Å². The molecule has 1 aliphatic carbocycles. The molecule has 2 aliphatic heterocycles. The molecule has 0 spiro atoms. The lowest BCUT2D eigenvalue weighted by atomic mass is 9.86. The second-order valence-corrected chi connectivity index (χ2v) is 8.09. The Morgan fingerprint density at radius 2 is 1.96 bits per heavy atom. The van der Waals surface area contributed by atoms with Gasteiger partial charge in [0, 0.05) is 25.3 Å². The maximum absolute atomic E-state index is 12.7. The van der Waals surface area contributed by atoms with Gasteiger partial charge in [0.25, 0.3) is 0 Å². The molecule has 0 amide bonds. The van der Waals surface area contributed by atoms with Gasteiger partial charge in [0.05, 0.1) is 12.5 Å². The minimum atomic E-state index is -1.12. The maximum Gasteiger partial charge on any atom is 0.334 e. The minimum Gasteiger partial charge on any atom is -0.459 e. The van der Waals surface area contributed by atoms with Crippen molar-refractivity contribution in [1.82, 2.24) is 0 Å². The van der Waals surface area contributed by atoms with Crippen LogP contribution in [0.2, 0.25) is 0 Å². The summed E-state index contributed by atoms with van der Waals surface area (Å²) in [5.41, 5.74) is 0.494. The smallest absolute Gasteiger partial charge is 0.334 e. The van der Waals surface area contributed by atoms with Crippen LogP contribution in [0.1, 0.15) is 52.9 Å². The quantitative estimate of drug-likeness (QED) is 0.308. The molecular formula is C21H26O7. The number of ketones is 2. The Morgan fingerprint density at radius 1 is 1.25 bits per heavy atom. The second kappa shape index (κ2) is 7.62. The van der Waals surface area contributed by atoms with Gasteiger partial charge in [0.2, 0.25) is 0 Å². The van der Waals surface area contributed by atoms with E-state index in [2.05, 4.69) is 6.58 Å². The molecule has 0 aromatic heterocycles. The third kappa shape index (κ3) is 4.24. The van der Waals surface area contributed by atoms with Crippen LogP contribution in [-0.2, 0) is 33.4 Å². The summed E-state index contributed by atoms with van der Waals surface area (Å²) in [7, 11) is 0. The molecule has 2 bridgehead atoms. The molecule has 7 heteroatoms. The van der Waals surface area contributed by atoms with Crippen molar-refractivity contribution in [2.24, 2.45) is 5.92 Å². The number of carbonyl (C=O) groups is 4. The lowest BCUT2D eigenvalue weighted by Gasteiger charge is -2.19. The third-order valence-electron chi connectivity index (χ3n) is 5.80. The lowest BCUT2D eigenvalue weighted by molar-refractivity contribution is -0.157. The molecule has 0 radical (unpaired) electrons. The third-order valence-corrected chi connectivity index (χ3v) is 5.80. The van der Waals surface area contributed by atoms with Crippen LogP contribution in [0, 0.1) is 5.92 Å². The van der Waals surface area contributed by atoms with Gasteiger partial charge in [0.15, 0.2) is 23.3 Å². The molecule has 2 fully saturated rings. The zero-order chi connectivity index (χ0) is 20.6. The van der Waals surface area contributed by atoms with Crippen molar-refractivity contribution < 1.29 is 33.4 Å². The fourth-order valence-electron chi connectivity index (χ4n) is 3.85. The molecule has 0 N–H and O–H groups in total. The van der Waals surface area contributed by atoms with Gasteiger partial charge < -0.3 is 14.2 Å². The van der Waals surface area contributed by atoms with Crippen molar-refractivity contribution in [1.29, 1.82) is 0 Å². The number of carbonyl (C=O) groups excluding carboxylic acids is 4. The average Bonchev–Trinajstić information content (AvgIpc) is 3.12. The zero-order valence-corrected chi connectivity index (χ0v) is 16.5. The topological polar surface area (TPSA) is 99.3 Å². The molecule has 3 rings (SSSR count). The maximum atomic E-state index is 12.7. The Morgan fingerprint density at radius 3 is 2.61 bits per heavy atom. The van der Waals surface area contributed by atoms with Crippen LogP contribution in [-0.4, -0.2) is 47.4 Å². The molecule has 0 aromatic carbocycles. The number of ether oxygens (including phenoxy) is 3. The zero-order valence-electron chi connectivity index (χ0n) is 16.5. The molecule has 7 nitrogen and oxygen atoms in total. The summed E-state index contributed by atoms with van der Waals surface area (Å²) < 4.78 is 16.1. The number of Topliss-reactive ketones (excluding diaryl/α,β-unsaturated/α-hetero) is 2. The van der Waals surface area contributed by atoms with Gasteiger partial charge in [-0.25, -0.2) is 4.79 Å².